The number of aromatic hydroxyl groups is 1. The molecular weight excluding hydrogens is 469 g/mol. The zero-order chi connectivity index (χ0) is 24.3. The topological polar surface area (TPSA) is 81.7 Å². The monoisotopic (exact) mass is 491 g/mol. The van der Waals surface area contributed by atoms with Crippen molar-refractivity contribution in [1.29, 1.82) is 0 Å². The van der Waals surface area contributed by atoms with Crippen LogP contribution in [0.1, 0.15) is 43.4 Å². The number of hydrogen-bond donors (Lipinski definition) is 1. The number of aromatic nitrogens is 1. The van der Waals surface area contributed by atoms with E-state index >= 15 is 0 Å². The number of nitrogens with zero attached hydrogens (tertiary/aromatic N) is 1. The Morgan fingerprint density at radius 1 is 1.06 bits per heavy atom. The molecule has 0 bridgehead atoms. The van der Waals surface area contributed by atoms with Crippen LogP contribution in [0.25, 0.3) is 16.7 Å². The van der Waals surface area contributed by atoms with E-state index in [0.717, 1.165) is 49.4 Å². The van der Waals surface area contributed by atoms with E-state index in [1.807, 2.05) is 0 Å². The lowest BCUT2D eigenvalue weighted by molar-refractivity contribution is 0.345. The Labute approximate surface area is 204 Å². The summed E-state index contributed by atoms with van der Waals surface area (Å²) in [4.78, 5) is 27.3. The van der Waals surface area contributed by atoms with Crippen molar-refractivity contribution >= 4 is 22.7 Å². The second-order valence-corrected chi connectivity index (χ2v) is 10.1. The molecule has 1 N–H and O–H groups in total. The van der Waals surface area contributed by atoms with Crippen molar-refractivity contribution in [3.63, 3.8) is 0 Å². The van der Waals surface area contributed by atoms with Gasteiger partial charge in [-0.05, 0) is 60.9 Å². The molecule has 0 amide bonds. The van der Waals surface area contributed by atoms with Crippen molar-refractivity contribution < 1.29 is 18.7 Å². The molecule has 8 heteroatoms. The number of fused-ring (bicyclic) bond motifs is 6. The van der Waals surface area contributed by atoms with Crippen LogP contribution in [0.4, 0.5) is 4.39 Å². The van der Waals surface area contributed by atoms with Crippen molar-refractivity contribution in [3.8, 4) is 17.2 Å². The maximum atomic E-state index is 14.3. The van der Waals surface area contributed by atoms with Gasteiger partial charge in [-0.1, -0.05) is 31.0 Å². The molecule has 0 atom stereocenters. The maximum absolute atomic E-state index is 14.3. The Morgan fingerprint density at radius 2 is 1.80 bits per heavy atom. The molecule has 0 unspecified atom stereocenters. The molecule has 4 aromatic rings. The highest BCUT2D eigenvalue weighted by Crippen LogP contribution is 2.52. The SMILES string of the molecule is COc1ccc(Sc2c(O)c3c(=O)n4c(cc3oc2=O)C2(CCCCC2)c2cc(F)ccc2-4)cc1. The molecule has 3 heterocycles. The predicted octanol–water partition coefficient (Wildman–Crippen LogP) is 5.51. The van der Waals surface area contributed by atoms with Gasteiger partial charge in [0.05, 0.1) is 12.8 Å². The summed E-state index contributed by atoms with van der Waals surface area (Å²) in [5.74, 6) is -0.109. The van der Waals surface area contributed by atoms with Gasteiger partial charge in [0.15, 0.2) is 5.75 Å². The number of halogens is 1. The molecule has 178 valence electrons. The normalized spacial score (nSPS) is 15.8. The van der Waals surface area contributed by atoms with Gasteiger partial charge in [-0.2, -0.15) is 0 Å². The van der Waals surface area contributed by atoms with E-state index in [2.05, 4.69) is 0 Å². The molecule has 1 saturated carbocycles. The van der Waals surface area contributed by atoms with Crippen molar-refractivity contribution in [2.45, 2.75) is 47.3 Å². The van der Waals surface area contributed by atoms with Crippen molar-refractivity contribution in [2.24, 2.45) is 0 Å². The van der Waals surface area contributed by atoms with Gasteiger partial charge >= 0.3 is 5.63 Å². The van der Waals surface area contributed by atoms with E-state index < -0.39 is 22.3 Å². The number of benzene rings is 2. The van der Waals surface area contributed by atoms with Gasteiger partial charge in [-0.3, -0.25) is 9.36 Å². The standard InChI is InChI=1S/C27H22FNO5S/c1-33-16-6-8-17(9-7-16)35-24-23(30)22-20(34-26(24)32)14-21-27(11-3-2-4-12-27)18-13-15(28)5-10-19(18)29(21)25(22)31/h5-10,13-14,30H,2-4,11-12H2,1H3. The summed E-state index contributed by atoms with van der Waals surface area (Å²) >= 11 is 1.02. The van der Waals surface area contributed by atoms with Crippen LogP contribution >= 0.6 is 11.8 Å². The molecule has 1 aliphatic heterocycles. The van der Waals surface area contributed by atoms with E-state index in [-0.39, 0.29) is 21.7 Å². The molecule has 2 aliphatic rings. The molecular formula is C27H22FNO5S. The van der Waals surface area contributed by atoms with Crippen LogP contribution < -0.4 is 15.9 Å². The van der Waals surface area contributed by atoms with Crippen LogP contribution in [-0.2, 0) is 5.41 Å². The van der Waals surface area contributed by atoms with Crippen LogP contribution in [-0.4, -0.2) is 16.8 Å². The van der Waals surface area contributed by atoms with Gasteiger partial charge in [0.1, 0.15) is 27.4 Å². The van der Waals surface area contributed by atoms with Gasteiger partial charge in [0, 0.05) is 22.1 Å². The van der Waals surface area contributed by atoms with Crippen LogP contribution in [0, 0.1) is 5.82 Å². The molecule has 35 heavy (non-hydrogen) atoms. The Morgan fingerprint density at radius 3 is 2.51 bits per heavy atom. The first-order valence-electron chi connectivity index (χ1n) is 11.5. The number of hydrogen-bond acceptors (Lipinski definition) is 6. The van der Waals surface area contributed by atoms with E-state index in [4.69, 9.17) is 9.15 Å². The second kappa shape index (κ2) is 8.02. The number of methoxy groups -OCH3 is 1. The minimum absolute atomic E-state index is 0.0426. The summed E-state index contributed by atoms with van der Waals surface area (Å²) in [6.45, 7) is 0. The summed E-state index contributed by atoms with van der Waals surface area (Å²) in [7, 11) is 1.56. The van der Waals surface area contributed by atoms with E-state index in [1.165, 1.54) is 12.1 Å². The third kappa shape index (κ3) is 3.23. The lowest BCUT2D eigenvalue weighted by atomic mass is 9.68. The fourth-order valence-corrected chi connectivity index (χ4v) is 6.42. The van der Waals surface area contributed by atoms with Crippen molar-refractivity contribution in [3.05, 3.63) is 86.4 Å². The van der Waals surface area contributed by atoms with E-state index in [1.54, 1.807) is 48.1 Å². The highest BCUT2D eigenvalue weighted by molar-refractivity contribution is 7.99. The highest BCUT2D eigenvalue weighted by Gasteiger charge is 2.45. The zero-order valence-corrected chi connectivity index (χ0v) is 19.8. The first-order valence-corrected chi connectivity index (χ1v) is 12.3. The van der Waals surface area contributed by atoms with Gasteiger partial charge < -0.3 is 14.3 Å². The molecule has 2 aromatic carbocycles. The Kier molecular flexibility index (Phi) is 5.03. The summed E-state index contributed by atoms with van der Waals surface area (Å²) in [5.41, 5.74) is 0.400. The Hall–Kier alpha value is -3.52. The Bertz CT molecular complexity index is 1600. The molecule has 6 nitrogen and oxygen atoms in total. The number of pyridine rings is 1. The van der Waals surface area contributed by atoms with Crippen LogP contribution in [0.3, 0.4) is 0 Å². The molecule has 1 spiro atoms. The molecule has 6 rings (SSSR count). The molecule has 2 aromatic heterocycles. The number of rotatable bonds is 3. The fourth-order valence-electron chi connectivity index (χ4n) is 5.59. The molecule has 0 saturated heterocycles. The zero-order valence-electron chi connectivity index (χ0n) is 19.0. The minimum Gasteiger partial charge on any atom is -0.505 e. The van der Waals surface area contributed by atoms with E-state index in [9.17, 15) is 19.1 Å². The Balaban J connectivity index is 1.58. The summed E-state index contributed by atoms with van der Waals surface area (Å²) in [6.07, 6.45) is 4.53. The average Bonchev–Trinajstić information content (AvgIpc) is 3.11. The van der Waals surface area contributed by atoms with Crippen LogP contribution in [0.15, 0.2) is 72.3 Å². The minimum atomic E-state index is -0.723. The van der Waals surface area contributed by atoms with Crippen molar-refractivity contribution in [1.82, 2.24) is 4.57 Å². The highest BCUT2D eigenvalue weighted by atomic mass is 32.2. The fraction of sp³-hybridized carbons (Fsp3) is 0.259. The third-order valence-corrected chi connectivity index (χ3v) is 8.28. The van der Waals surface area contributed by atoms with Gasteiger partial charge in [0.2, 0.25) is 0 Å². The third-order valence-electron chi connectivity index (χ3n) is 7.20. The van der Waals surface area contributed by atoms with Gasteiger partial charge in [-0.25, -0.2) is 9.18 Å². The van der Waals surface area contributed by atoms with Crippen LogP contribution in [0.5, 0.6) is 11.5 Å². The quantitative estimate of drug-likeness (QED) is 0.407. The molecule has 1 aliphatic carbocycles. The number of ether oxygens (including phenoxy) is 1. The average molecular weight is 492 g/mol. The first kappa shape index (κ1) is 22.0. The van der Waals surface area contributed by atoms with Gasteiger partial charge in [0.25, 0.3) is 5.56 Å². The summed E-state index contributed by atoms with van der Waals surface area (Å²) in [6, 6.07) is 13.1. The lowest BCUT2D eigenvalue weighted by Crippen LogP contribution is -2.31. The van der Waals surface area contributed by atoms with Gasteiger partial charge in [-0.15, -0.1) is 0 Å². The summed E-state index contributed by atoms with van der Waals surface area (Å²) in [5, 5.41) is 11.1. The smallest absolute Gasteiger partial charge is 0.354 e. The largest absolute Gasteiger partial charge is 0.505 e. The first-order chi connectivity index (χ1) is 16.9. The summed E-state index contributed by atoms with van der Waals surface area (Å²) < 4.78 is 26.7. The molecule has 0 radical (unpaired) electrons. The lowest BCUT2D eigenvalue weighted by Gasteiger charge is -2.34. The van der Waals surface area contributed by atoms with Crippen LogP contribution in [0.2, 0.25) is 0 Å². The van der Waals surface area contributed by atoms with Crippen molar-refractivity contribution in [2.75, 3.05) is 7.11 Å². The maximum Gasteiger partial charge on any atom is 0.354 e. The second-order valence-electron chi connectivity index (χ2n) is 9.06. The molecule has 1 fully saturated rings. The predicted molar refractivity (Wildman–Crippen MR) is 131 cm³/mol. The van der Waals surface area contributed by atoms with E-state index in [0.29, 0.717) is 22.0 Å².